The van der Waals surface area contributed by atoms with Crippen LogP contribution in [0.3, 0.4) is 0 Å². The predicted octanol–water partition coefficient (Wildman–Crippen LogP) is 3.01. The molecule has 1 aliphatic rings. The highest BCUT2D eigenvalue weighted by molar-refractivity contribution is 14.1. The van der Waals surface area contributed by atoms with E-state index in [9.17, 15) is 4.79 Å². The summed E-state index contributed by atoms with van der Waals surface area (Å²) in [6.07, 6.45) is 0.934. The van der Waals surface area contributed by atoms with E-state index < -0.39 is 17.5 Å². The standard InChI is InChI=1S/C10H17IO4Si/c1-8-10(2,15-9(12)14-8)13-6-5-7-16(3,4)11/h5,7-8H,6H2,1-4H3/b7-5+. The van der Waals surface area contributed by atoms with Crippen molar-refractivity contribution in [1.82, 2.24) is 0 Å². The average molecular weight is 356 g/mol. The second kappa shape index (κ2) is 5.05. The maximum Gasteiger partial charge on any atom is 0.511 e. The summed E-state index contributed by atoms with van der Waals surface area (Å²) in [5.74, 6) is -0.960. The predicted molar refractivity (Wildman–Crippen MR) is 72.0 cm³/mol. The van der Waals surface area contributed by atoms with E-state index in [1.807, 2.05) is 6.08 Å². The zero-order valence-corrected chi connectivity index (χ0v) is 13.1. The minimum Gasteiger partial charge on any atom is -0.424 e. The summed E-state index contributed by atoms with van der Waals surface area (Å²) in [6, 6.07) is 0. The lowest BCUT2D eigenvalue weighted by atomic mass is 10.2. The van der Waals surface area contributed by atoms with Crippen molar-refractivity contribution in [3.63, 3.8) is 0 Å². The molecule has 1 rings (SSSR count). The van der Waals surface area contributed by atoms with Crippen molar-refractivity contribution in [3.8, 4) is 0 Å². The van der Waals surface area contributed by atoms with E-state index in [0.717, 1.165) is 0 Å². The molecule has 92 valence electrons. The largest absolute Gasteiger partial charge is 0.511 e. The van der Waals surface area contributed by atoms with Gasteiger partial charge in [-0.15, -0.1) is 21.8 Å². The van der Waals surface area contributed by atoms with Crippen molar-refractivity contribution in [3.05, 3.63) is 11.8 Å². The second-order valence-electron chi connectivity index (χ2n) is 4.41. The monoisotopic (exact) mass is 356 g/mol. The number of ether oxygens (including phenoxy) is 3. The van der Waals surface area contributed by atoms with Gasteiger partial charge in [-0.05, 0) is 6.92 Å². The van der Waals surface area contributed by atoms with E-state index >= 15 is 0 Å². The van der Waals surface area contributed by atoms with Gasteiger partial charge in [-0.3, -0.25) is 0 Å². The molecular weight excluding hydrogens is 339 g/mol. The molecule has 0 bridgehead atoms. The molecule has 0 radical (unpaired) electrons. The molecule has 1 saturated heterocycles. The Hall–Kier alpha value is -0.0831. The molecule has 6 heteroatoms. The number of carbonyl (C=O) groups is 1. The van der Waals surface area contributed by atoms with Gasteiger partial charge >= 0.3 is 6.16 Å². The quantitative estimate of drug-likeness (QED) is 0.336. The molecule has 2 unspecified atom stereocenters. The van der Waals surface area contributed by atoms with Crippen LogP contribution in [0.25, 0.3) is 0 Å². The van der Waals surface area contributed by atoms with Crippen LogP contribution in [0.1, 0.15) is 13.8 Å². The Kier molecular flexibility index (Phi) is 4.41. The summed E-state index contributed by atoms with van der Waals surface area (Å²) in [5.41, 5.74) is 0.961. The molecule has 1 aliphatic heterocycles. The molecule has 0 aromatic heterocycles. The van der Waals surface area contributed by atoms with E-state index in [2.05, 4.69) is 40.6 Å². The fourth-order valence-corrected chi connectivity index (χ4v) is 2.63. The van der Waals surface area contributed by atoms with E-state index in [-0.39, 0.29) is 6.10 Å². The SMILES string of the molecule is CC1OC(=O)OC1(C)OC/C=C/[Si](C)(C)I. The highest BCUT2D eigenvalue weighted by Gasteiger charge is 2.46. The fourth-order valence-electron chi connectivity index (χ4n) is 1.21. The van der Waals surface area contributed by atoms with Crippen molar-refractivity contribution in [2.45, 2.75) is 38.8 Å². The molecule has 4 nitrogen and oxygen atoms in total. The molecule has 1 fully saturated rings. The Morgan fingerprint density at radius 2 is 2.25 bits per heavy atom. The Balaban J connectivity index is 2.43. The van der Waals surface area contributed by atoms with Crippen LogP contribution in [0, 0.1) is 0 Å². The third kappa shape index (κ3) is 4.06. The molecule has 16 heavy (non-hydrogen) atoms. The average Bonchev–Trinajstić information content (AvgIpc) is 2.34. The minimum absolute atomic E-state index is 0.377. The van der Waals surface area contributed by atoms with Crippen LogP contribution in [-0.4, -0.2) is 30.2 Å². The van der Waals surface area contributed by atoms with Crippen LogP contribution in [0.2, 0.25) is 13.1 Å². The van der Waals surface area contributed by atoms with Gasteiger partial charge in [-0.1, -0.05) is 24.9 Å². The fraction of sp³-hybridized carbons (Fsp3) is 0.700. The number of halogens is 1. The normalized spacial score (nSPS) is 30.6. The van der Waals surface area contributed by atoms with Gasteiger partial charge in [-0.2, -0.15) is 0 Å². The lowest BCUT2D eigenvalue weighted by molar-refractivity contribution is -0.178. The number of rotatable bonds is 4. The van der Waals surface area contributed by atoms with Gasteiger partial charge in [0, 0.05) is 6.92 Å². The molecule has 0 saturated carbocycles. The highest BCUT2D eigenvalue weighted by Crippen LogP contribution is 2.27. The molecule has 0 amide bonds. The molecule has 1 heterocycles. The first kappa shape index (κ1) is 14.0. The summed E-state index contributed by atoms with van der Waals surface area (Å²) in [6.45, 7) is 8.35. The molecular formula is C10H17IO4Si. The lowest BCUT2D eigenvalue weighted by Crippen LogP contribution is -2.37. The van der Waals surface area contributed by atoms with Gasteiger partial charge in [-0.25, -0.2) is 4.79 Å². The summed E-state index contributed by atoms with van der Waals surface area (Å²) >= 11 is 2.46. The van der Waals surface area contributed by atoms with Crippen LogP contribution < -0.4 is 0 Å². The van der Waals surface area contributed by atoms with Gasteiger partial charge in [0.2, 0.25) is 0 Å². The van der Waals surface area contributed by atoms with Crippen LogP contribution in [0.4, 0.5) is 4.79 Å². The molecule has 0 spiro atoms. The van der Waals surface area contributed by atoms with E-state index in [0.29, 0.717) is 6.61 Å². The third-order valence-electron chi connectivity index (χ3n) is 2.28. The van der Waals surface area contributed by atoms with E-state index in [1.54, 1.807) is 13.8 Å². The van der Waals surface area contributed by atoms with Crippen molar-refractivity contribution in [1.29, 1.82) is 0 Å². The smallest absolute Gasteiger partial charge is 0.424 e. The van der Waals surface area contributed by atoms with E-state index in [1.165, 1.54) is 0 Å². The van der Waals surface area contributed by atoms with Crippen molar-refractivity contribution >= 4 is 33.5 Å². The number of hydrogen-bond acceptors (Lipinski definition) is 4. The maximum atomic E-state index is 10.9. The van der Waals surface area contributed by atoms with E-state index in [4.69, 9.17) is 14.2 Å². The van der Waals surface area contributed by atoms with Crippen molar-refractivity contribution in [2.24, 2.45) is 0 Å². The van der Waals surface area contributed by atoms with Crippen molar-refractivity contribution < 1.29 is 19.0 Å². The van der Waals surface area contributed by atoms with Crippen LogP contribution in [0.5, 0.6) is 0 Å². The van der Waals surface area contributed by atoms with Gasteiger partial charge in [0.15, 0.2) is 6.10 Å². The Bertz CT molecular complexity index is 300. The van der Waals surface area contributed by atoms with Crippen LogP contribution in [0.15, 0.2) is 11.8 Å². The highest BCUT2D eigenvalue weighted by atomic mass is 127. The van der Waals surface area contributed by atoms with Gasteiger partial charge in [0.1, 0.15) is 5.57 Å². The minimum atomic E-state index is -1.22. The molecule has 0 aromatic rings. The van der Waals surface area contributed by atoms with Crippen molar-refractivity contribution in [2.75, 3.05) is 6.61 Å². The number of cyclic esters (lactones) is 2. The second-order valence-corrected chi connectivity index (χ2v) is 16.2. The van der Waals surface area contributed by atoms with Crippen LogP contribution >= 0.6 is 21.8 Å². The Morgan fingerprint density at radius 3 is 2.69 bits per heavy atom. The zero-order valence-electron chi connectivity index (χ0n) is 9.95. The number of carbonyl (C=O) groups excluding carboxylic acids is 1. The maximum absolute atomic E-state index is 10.9. The van der Waals surface area contributed by atoms with Gasteiger partial charge in [0.25, 0.3) is 5.79 Å². The lowest BCUT2D eigenvalue weighted by Gasteiger charge is -2.23. The Labute approximate surface area is 110 Å². The Morgan fingerprint density at radius 1 is 1.62 bits per heavy atom. The first-order chi connectivity index (χ1) is 7.23. The van der Waals surface area contributed by atoms with Crippen LogP contribution in [-0.2, 0) is 14.2 Å². The molecule has 0 aliphatic carbocycles. The first-order valence-corrected chi connectivity index (χ1v) is 11.3. The molecule has 2 atom stereocenters. The summed E-state index contributed by atoms with van der Waals surface area (Å²) in [4.78, 5) is 10.9. The summed E-state index contributed by atoms with van der Waals surface area (Å²) in [7, 11) is 0. The molecule has 0 aromatic carbocycles. The summed E-state index contributed by atoms with van der Waals surface area (Å²) < 4.78 is 15.4. The third-order valence-corrected chi connectivity index (χ3v) is 4.38. The van der Waals surface area contributed by atoms with Gasteiger partial charge in [0.05, 0.1) is 6.61 Å². The summed E-state index contributed by atoms with van der Waals surface area (Å²) in [5, 5.41) is 0. The number of hydrogen-bond donors (Lipinski definition) is 0. The molecule has 0 N–H and O–H groups in total. The topological polar surface area (TPSA) is 44.8 Å². The zero-order chi connectivity index (χ0) is 12.4. The van der Waals surface area contributed by atoms with Gasteiger partial charge < -0.3 is 14.2 Å². The first-order valence-electron chi connectivity index (χ1n) is 5.13.